The molecule has 1 N–H and O–H groups in total. The molecule has 0 aliphatic heterocycles. The Morgan fingerprint density at radius 2 is 1.55 bits per heavy atom. The summed E-state index contributed by atoms with van der Waals surface area (Å²) in [6.07, 6.45) is 2.72. The Bertz CT molecular complexity index is 1050. The Balaban J connectivity index is 1.32. The number of benzene rings is 3. The second-order valence-electron chi connectivity index (χ2n) is 7.03. The topological polar surface area (TPSA) is 47.6 Å². The van der Waals surface area contributed by atoms with Gasteiger partial charge in [-0.05, 0) is 28.3 Å². The Labute approximate surface area is 179 Å². The van der Waals surface area contributed by atoms with Crippen LogP contribution in [0.5, 0.6) is 5.75 Å². The number of carbonyl (C=O) groups excluding carboxylic acids is 1. The molecular formula is C25H21F2NO3. The van der Waals surface area contributed by atoms with Crippen LogP contribution in [-0.4, -0.2) is 25.9 Å². The number of alkyl carbamates (subject to hydrolysis) is 1. The van der Waals surface area contributed by atoms with Crippen LogP contribution < -0.4 is 10.1 Å². The van der Waals surface area contributed by atoms with Gasteiger partial charge in [0.25, 0.3) is 0 Å². The quantitative estimate of drug-likeness (QED) is 0.521. The van der Waals surface area contributed by atoms with Crippen LogP contribution in [0.15, 0.2) is 78.9 Å². The number of hydrogen-bond donors (Lipinski definition) is 1. The molecule has 0 heterocycles. The molecule has 0 saturated heterocycles. The van der Waals surface area contributed by atoms with Crippen molar-refractivity contribution in [3.05, 3.63) is 95.6 Å². The van der Waals surface area contributed by atoms with Crippen LogP contribution in [0.2, 0.25) is 0 Å². The second kappa shape index (κ2) is 9.43. The third-order valence-corrected chi connectivity index (χ3v) is 5.14. The van der Waals surface area contributed by atoms with Gasteiger partial charge in [-0.15, -0.1) is 0 Å². The van der Waals surface area contributed by atoms with Crippen LogP contribution in [0, 0.1) is 0 Å². The second-order valence-corrected chi connectivity index (χ2v) is 7.03. The minimum atomic E-state index is -2.89. The summed E-state index contributed by atoms with van der Waals surface area (Å²) in [6.45, 7) is -2.47. The highest BCUT2D eigenvalue weighted by Crippen LogP contribution is 2.44. The molecule has 0 spiro atoms. The molecule has 1 aliphatic carbocycles. The molecule has 0 radical (unpaired) electrons. The molecule has 158 valence electrons. The van der Waals surface area contributed by atoms with Crippen LogP contribution >= 0.6 is 0 Å². The zero-order chi connectivity index (χ0) is 21.6. The molecule has 31 heavy (non-hydrogen) atoms. The summed E-state index contributed by atoms with van der Waals surface area (Å²) in [4.78, 5) is 12.2. The lowest BCUT2D eigenvalue weighted by molar-refractivity contribution is -0.0499. The number of carbonyl (C=O) groups is 1. The van der Waals surface area contributed by atoms with Crippen molar-refractivity contribution >= 4 is 12.2 Å². The molecule has 0 fully saturated rings. The minimum Gasteiger partial charge on any atom is -0.449 e. The Morgan fingerprint density at radius 1 is 0.935 bits per heavy atom. The van der Waals surface area contributed by atoms with E-state index in [-0.39, 0.29) is 24.8 Å². The molecule has 1 aliphatic rings. The standard InChI is InChI=1S/C25H21F2NO3/c26-24(27)31-23-14-6-1-8-17(23)9-7-15-28-25(29)30-16-22-20-12-4-2-10-18(20)19-11-3-5-13-21(19)22/h1-14,22,24H,15-16H2,(H,28,29). The van der Waals surface area contributed by atoms with E-state index in [1.54, 1.807) is 30.4 Å². The maximum absolute atomic E-state index is 12.5. The van der Waals surface area contributed by atoms with Gasteiger partial charge < -0.3 is 14.8 Å². The van der Waals surface area contributed by atoms with E-state index in [2.05, 4.69) is 34.3 Å². The van der Waals surface area contributed by atoms with Crippen molar-refractivity contribution in [2.24, 2.45) is 0 Å². The van der Waals surface area contributed by atoms with Crippen molar-refractivity contribution in [1.29, 1.82) is 0 Å². The molecule has 0 atom stereocenters. The summed E-state index contributed by atoms with van der Waals surface area (Å²) in [5.41, 5.74) is 5.12. The summed E-state index contributed by atoms with van der Waals surface area (Å²) in [6, 6.07) is 22.7. The van der Waals surface area contributed by atoms with Crippen molar-refractivity contribution in [3.63, 3.8) is 0 Å². The fourth-order valence-electron chi connectivity index (χ4n) is 3.80. The van der Waals surface area contributed by atoms with Crippen LogP contribution in [0.1, 0.15) is 22.6 Å². The Morgan fingerprint density at radius 3 is 2.23 bits per heavy atom. The smallest absolute Gasteiger partial charge is 0.407 e. The molecule has 0 aromatic heterocycles. The fourth-order valence-corrected chi connectivity index (χ4v) is 3.80. The molecule has 0 bridgehead atoms. The molecule has 4 nitrogen and oxygen atoms in total. The number of amides is 1. The number of nitrogens with one attached hydrogen (secondary N) is 1. The number of para-hydroxylation sites is 1. The van der Waals surface area contributed by atoms with E-state index in [0.29, 0.717) is 5.56 Å². The van der Waals surface area contributed by atoms with Crippen molar-refractivity contribution in [1.82, 2.24) is 5.32 Å². The lowest BCUT2D eigenvalue weighted by atomic mass is 9.98. The van der Waals surface area contributed by atoms with Crippen LogP contribution in [0.4, 0.5) is 13.6 Å². The van der Waals surface area contributed by atoms with E-state index >= 15 is 0 Å². The van der Waals surface area contributed by atoms with Crippen molar-refractivity contribution in [3.8, 4) is 16.9 Å². The van der Waals surface area contributed by atoms with E-state index in [1.165, 1.54) is 17.2 Å². The summed E-state index contributed by atoms with van der Waals surface area (Å²) in [5, 5.41) is 2.65. The summed E-state index contributed by atoms with van der Waals surface area (Å²) >= 11 is 0. The summed E-state index contributed by atoms with van der Waals surface area (Å²) in [7, 11) is 0. The minimum absolute atomic E-state index is 0.00735. The van der Waals surface area contributed by atoms with E-state index in [9.17, 15) is 13.6 Å². The van der Waals surface area contributed by atoms with E-state index in [4.69, 9.17) is 4.74 Å². The highest BCUT2D eigenvalue weighted by atomic mass is 19.3. The fraction of sp³-hybridized carbons (Fsp3) is 0.160. The first-order valence-electron chi connectivity index (χ1n) is 9.92. The van der Waals surface area contributed by atoms with E-state index in [1.807, 2.05) is 24.3 Å². The van der Waals surface area contributed by atoms with Gasteiger partial charge in [0.05, 0.1) is 0 Å². The van der Waals surface area contributed by atoms with Gasteiger partial charge in [0.1, 0.15) is 12.4 Å². The van der Waals surface area contributed by atoms with E-state index < -0.39 is 12.7 Å². The highest BCUT2D eigenvalue weighted by Gasteiger charge is 2.28. The third kappa shape index (κ3) is 4.74. The predicted molar refractivity (Wildman–Crippen MR) is 115 cm³/mol. The lowest BCUT2D eigenvalue weighted by Gasteiger charge is -2.14. The van der Waals surface area contributed by atoms with Gasteiger partial charge >= 0.3 is 12.7 Å². The van der Waals surface area contributed by atoms with Gasteiger partial charge in [0.15, 0.2) is 0 Å². The Kier molecular flexibility index (Phi) is 6.26. The maximum Gasteiger partial charge on any atom is 0.407 e. The van der Waals surface area contributed by atoms with Crippen molar-refractivity contribution in [2.45, 2.75) is 12.5 Å². The van der Waals surface area contributed by atoms with Crippen molar-refractivity contribution < 1.29 is 23.0 Å². The summed E-state index contributed by atoms with van der Waals surface area (Å²) in [5.74, 6) is 0.0713. The SMILES string of the molecule is O=C(NCC=Cc1ccccc1OC(F)F)OCC1c2ccccc2-c2ccccc21. The van der Waals surface area contributed by atoms with Crippen LogP contribution in [0.25, 0.3) is 17.2 Å². The van der Waals surface area contributed by atoms with E-state index in [0.717, 1.165) is 11.1 Å². The zero-order valence-corrected chi connectivity index (χ0v) is 16.6. The third-order valence-electron chi connectivity index (χ3n) is 5.14. The van der Waals surface area contributed by atoms with Gasteiger partial charge in [-0.2, -0.15) is 8.78 Å². The average molecular weight is 421 g/mol. The number of rotatable bonds is 7. The molecule has 0 saturated carbocycles. The Hall–Kier alpha value is -3.67. The molecule has 3 aromatic carbocycles. The molecular weight excluding hydrogens is 400 g/mol. The number of alkyl halides is 2. The van der Waals surface area contributed by atoms with Crippen LogP contribution in [-0.2, 0) is 4.74 Å². The zero-order valence-electron chi connectivity index (χ0n) is 16.6. The molecule has 3 aromatic rings. The van der Waals surface area contributed by atoms with Gasteiger partial charge in [0, 0.05) is 18.0 Å². The van der Waals surface area contributed by atoms with Crippen LogP contribution in [0.3, 0.4) is 0 Å². The largest absolute Gasteiger partial charge is 0.449 e. The van der Waals surface area contributed by atoms with Gasteiger partial charge in [-0.3, -0.25) is 0 Å². The first-order valence-corrected chi connectivity index (χ1v) is 9.92. The first kappa shape index (κ1) is 20.6. The van der Waals surface area contributed by atoms with Gasteiger partial charge in [-0.25, -0.2) is 4.79 Å². The number of halogens is 2. The molecule has 0 unspecified atom stereocenters. The number of hydrogen-bond acceptors (Lipinski definition) is 3. The molecule has 1 amide bonds. The van der Waals surface area contributed by atoms with Gasteiger partial charge in [0.2, 0.25) is 0 Å². The number of ether oxygens (including phenoxy) is 2. The van der Waals surface area contributed by atoms with Gasteiger partial charge in [-0.1, -0.05) is 78.9 Å². The monoisotopic (exact) mass is 421 g/mol. The molecule has 6 heteroatoms. The maximum atomic E-state index is 12.5. The molecule has 4 rings (SSSR count). The van der Waals surface area contributed by atoms with Crippen molar-refractivity contribution in [2.75, 3.05) is 13.2 Å². The lowest BCUT2D eigenvalue weighted by Crippen LogP contribution is -2.26. The summed E-state index contributed by atoms with van der Waals surface area (Å²) < 4.78 is 34.9. The number of fused-ring (bicyclic) bond motifs is 3. The highest BCUT2D eigenvalue weighted by molar-refractivity contribution is 5.79. The normalized spacial score (nSPS) is 12.6. The predicted octanol–water partition coefficient (Wildman–Crippen LogP) is 5.84. The average Bonchev–Trinajstić information content (AvgIpc) is 3.10. The first-order chi connectivity index (χ1) is 15.1.